The molecule has 0 spiro atoms. The lowest BCUT2D eigenvalue weighted by Crippen LogP contribution is -2.37. The lowest BCUT2D eigenvalue weighted by atomic mass is 10.0. The summed E-state index contributed by atoms with van der Waals surface area (Å²) in [6.45, 7) is 8.81. The van der Waals surface area contributed by atoms with E-state index in [0.717, 1.165) is 22.0 Å². The number of carbonyl (C=O) groups is 2. The second-order valence-electron chi connectivity index (χ2n) is 7.41. The summed E-state index contributed by atoms with van der Waals surface area (Å²) in [6.07, 6.45) is 3.45. The molecule has 0 radical (unpaired) electrons. The zero-order valence-corrected chi connectivity index (χ0v) is 20.7. The second kappa shape index (κ2) is 12.4. The van der Waals surface area contributed by atoms with Crippen molar-refractivity contribution in [2.75, 3.05) is 6.54 Å². The van der Waals surface area contributed by atoms with Crippen molar-refractivity contribution in [2.24, 2.45) is 0 Å². The van der Waals surface area contributed by atoms with E-state index in [1.54, 1.807) is 18.6 Å². The number of imidazole rings is 1. The third-order valence-electron chi connectivity index (χ3n) is 5.26. The fourth-order valence-corrected chi connectivity index (χ4v) is 3.70. The number of nitrogens with one attached hydrogen (secondary N) is 2. The van der Waals surface area contributed by atoms with Crippen molar-refractivity contribution in [3.05, 3.63) is 90.0 Å². The highest BCUT2D eigenvalue weighted by atomic mass is 16.5. The Morgan fingerprint density at radius 2 is 1.63 bits per heavy atom. The van der Waals surface area contributed by atoms with Crippen LogP contribution in [0.2, 0.25) is 0 Å². The summed E-state index contributed by atoms with van der Waals surface area (Å²) in [7, 11) is 0. The summed E-state index contributed by atoms with van der Waals surface area (Å²) >= 11 is 0. The molecule has 1 aromatic heterocycles. The van der Waals surface area contributed by atoms with E-state index in [4.69, 9.17) is 4.74 Å². The van der Waals surface area contributed by atoms with Gasteiger partial charge < -0.3 is 19.9 Å². The van der Waals surface area contributed by atoms with E-state index in [0.29, 0.717) is 30.2 Å². The van der Waals surface area contributed by atoms with Crippen LogP contribution in [-0.2, 0) is 17.9 Å². The van der Waals surface area contributed by atoms with Gasteiger partial charge in [0.25, 0.3) is 5.91 Å². The van der Waals surface area contributed by atoms with Crippen LogP contribution in [0.5, 0.6) is 11.5 Å². The predicted octanol–water partition coefficient (Wildman–Crippen LogP) is 5.29. The fourth-order valence-electron chi connectivity index (χ4n) is 3.70. The summed E-state index contributed by atoms with van der Waals surface area (Å²) in [5.41, 5.74) is 2.41. The van der Waals surface area contributed by atoms with Gasteiger partial charge in [-0.1, -0.05) is 58.0 Å². The molecule has 35 heavy (non-hydrogen) atoms. The van der Waals surface area contributed by atoms with Gasteiger partial charge in [0.15, 0.2) is 0 Å². The summed E-state index contributed by atoms with van der Waals surface area (Å²) in [5, 5.41) is 7.23. The first-order valence-electron chi connectivity index (χ1n) is 12.0. The molecule has 2 N–H and O–H groups in total. The standard InChI is InChI=1S/C24H20N4O3.2C2H6/c29-23-13-27-24(30)21-6-2-4-17-7-8-20(10-22(17)21)31-19-5-1-3-16(9-19)14-28-15-25-11-18(28)12-26-23;2*1-2/h1-11,15H,12-14H2,(H,26,29)(H,27,30);2*1-2H3. The monoisotopic (exact) mass is 472 g/mol. The van der Waals surface area contributed by atoms with Crippen molar-refractivity contribution in [2.45, 2.75) is 40.8 Å². The molecule has 4 bridgehead atoms. The molecule has 1 aliphatic heterocycles. The largest absolute Gasteiger partial charge is 0.457 e. The van der Waals surface area contributed by atoms with Crippen molar-refractivity contribution < 1.29 is 14.3 Å². The molecule has 0 aliphatic carbocycles. The van der Waals surface area contributed by atoms with Gasteiger partial charge in [-0.3, -0.25) is 9.59 Å². The average molecular weight is 473 g/mol. The first-order valence-corrected chi connectivity index (χ1v) is 12.0. The van der Waals surface area contributed by atoms with Crippen LogP contribution in [0.4, 0.5) is 0 Å². The average Bonchev–Trinajstić information content (AvgIpc) is 3.34. The van der Waals surface area contributed by atoms with E-state index in [1.165, 1.54) is 0 Å². The van der Waals surface area contributed by atoms with Crippen LogP contribution in [0.3, 0.4) is 0 Å². The van der Waals surface area contributed by atoms with Crippen LogP contribution >= 0.6 is 0 Å². The van der Waals surface area contributed by atoms with Crippen LogP contribution < -0.4 is 15.4 Å². The molecule has 3 aromatic carbocycles. The zero-order valence-electron chi connectivity index (χ0n) is 20.7. The van der Waals surface area contributed by atoms with Gasteiger partial charge in [-0.25, -0.2) is 4.98 Å². The van der Waals surface area contributed by atoms with Crippen molar-refractivity contribution in [3.8, 4) is 11.5 Å². The minimum atomic E-state index is -0.311. The van der Waals surface area contributed by atoms with Crippen LogP contribution in [-0.4, -0.2) is 27.9 Å². The quantitative estimate of drug-likeness (QED) is 0.364. The van der Waals surface area contributed by atoms with Crippen molar-refractivity contribution in [3.63, 3.8) is 0 Å². The lowest BCUT2D eigenvalue weighted by Gasteiger charge is -2.11. The Labute approximate surface area is 206 Å². The first-order chi connectivity index (χ1) is 17.2. The van der Waals surface area contributed by atoms with Gasteiger partial charge in [0.2, 0.25) is 5.91 Å². The van der Waals surface area contributed by atoms with Crippen molar-refractivity contribution in [1.82, 2.24) is 20.2 Å². The van der Waals surface area contributed by atoms with Gasteiger partial charge in [0.1, 0.15) is 11.5 Å². The molecular formula is C28H32N4O3. The van der Waals surface area contributed by atoms with Gasteiger partial charge in [0, 0.05) is 18.3 Å². The molecule has 0 atom stereocenters. The molecule has 7 heteroatoms. The number of aromatic nitrogens is 2. The Balaban J connectivity index is 0.000000815. The number of hydrogen-bond donors (Lipinski definition) is 2. The van der Waals surface area contributed by atoms with Gasteiger partial charge in [-0.05, 0) is 46.7 Å². The maximum Gasteiger partial charge on any atom is 0.252 e. The molecule has 7 nitrogen and oxygen atoms in total. The molecule has 1 aliphatic rings. The minimum Gasteiger partial charge on any atom is -0.457 e. The predicted molar refractivity (Wildman–Crippen MR) is 139 cm³/mol. The summed E-state index contributed by atoms with van der Waals surface area (Å²) in [6, 6.07) is 19.0. The van der Waals surface area contributed by atoms with Crippen LogP contribution in [0.25, 0.3) is 10.8 Å². The van der Waals surface area contributed by atoms with Gasteiger partial charge in [-0.2, -0.15) is 0 Å². The summed E-state index contributed by atoms with van der Waals surface area (Å²) < 4.78 is 8.07. The van der Waals surface area contributed by atoms with E-state index in [2.05, 4.69) is 15.6 Å². The number of amides is 2. The molecular weight excluding hydrogens is 440 g/mol. The number of hydrogen-bond acceptors (Lipinski definition) is 4. The highest BCUT2D eigenvalue weighted by Crippen LogP contribution is 2.28. The normalized spacial score (nSPS) is 13.0. The highest BCUT2D eigenvalue weighted by molar-refractivity contribution is 6.08. The Morgan fingerprint density at radius 3 is 2.46 bits per heavy atom. The highest BCUT2D eigenvalue weighted by Gasteiger charge is 2.14. The lowest BCUT2D eigenvalue weighted by molar-refractivity contribution is -0.120. The number of nitrogens with zero attached hydrogens (tertiary/aromatic N) is 2. The molecule has 2 amide bonds. The molecule has 0 saturated heterocycles. The zero-order chi connectivity index (χ0) is 25.2. The maximum atomic E-state index is 12.8. The minimum absolute atomic E-state index is 0.111. The Bertz CT molecular complexity index is 1300. The number of benzene rings is 3. The summed E-state index contributed by atoms with van der Waals surface area (Å²) in [4.78, 5) is 29.3. The number of rotatable bonds is 0. The molecule has 0 fully saturated rings. The number of carbonyl (C=O) groups excluding carboxylic acids is 2. The number of ether oxygens (including phenoxy) is 1. The molecule has 0 saturated carbocycles. The molecule has 5 rings (SSSR count). The summed E-state index contributed by atoms with van der Waals surface area (Å²) in [5.74, 6) is 0.763. The number of fused-ring (bicyclic) bond motifs is 4. The Hall–Kier alpha value is -4.13. The van der Waals surface area contributed by atoms with E-state index in [1.807, 2.05) is 86.9 Å². The van der Waals surface area contributed by atoms with Crippen LogP contribution in [0.1, 0.15) is 49.3 Å². The third-order valence-corrected chi connectivity index (χ3v) is 5.26. The van der Waals surface area contributed by atoms with Crippen molar-refractivity contribution >= 4 is 22.6 Å². The van der Waals surface area contributed by atoms with Crippen LogP contribution in [0, 0.1) is 0 Å². The Morgan fingerprint density at radius 1 is 0.857 bits per heavy atom. The van der Waals surface area contributed by atoms with E-state index in [9.17, 15) is 9.59 Å². The van der Waals surface area contributed by atoms with E-state index in [-0.39, 0.29) is 18.4 Å². The first kappa shape index (κ1) is 25.5. The van der Waals surface area contributed by atoms with Gasteiger partial charge in [-0.15, -0.1) is 0 Å². The molecule has 0 unspecified atom stereocenters. The SMILES string of the molecule is CC.CC.O=C1CNC(=O)c2cccc3ccc(cc23)Oc2cccc(c2)Cn2cncc2CN1. The topological polar surface area (TPSA) is 85.2 Å². The van der Waals surface area contributed by atoms with Crippen LogP contribution in [0.15, 0.2) is 73.2 Å². The van der Waals surface area contributed by atoms with Gasteiger partial charge >= 0.3 is 0 Å². The Kier molecular flexibility index (Phi) is 9.01. The second-order valence-corrected chi connectivity index (χ2v) is 7.41. The molecule has 2 heterocycles. The van der Waals surface area contributed by atoms with Crippen molar-refractivity contribution in [1.29, 1.82) is 0 Å². The van der Waals surface area contributed by atoms with E-state index >= 15 is 0 Å². The third kappa shape index (κ3) is 6.26. The molecule has 4 aromatic rings. The fraction of sp³-hybridized carbons (Fsp3) is 0.250. The smallest absolute Gasteiger partial charge is 0.252 e. The van der Waals surface area contributed by atoms with E-state index < -0.39 is 0 Å². The molecule has 182 valence electrons. The maximum absolute atomic E-state index is 12.8. The van der Waals surface area contributed by atoms with Gasteiger partial charge in [0.05, 0.1) is 25.1 Å².